The highest BCUT2D eigenvalue weighted by atomic mass is 16.1. The monoisotopic (exact) mass is 321 g/mol. The van der Waals surface area contributed by atoms with E-state index in [4.69, 9.17) is 0 Å². The summed E-state index contributed by atoms with van der Waals surface area (Å²) in [7, 11) is 0. The zero-order valence-corrected chi connectivity index (χ0v) is 14.5. The summed E-state index contributed by atoms with van der Waals surface area (Å²) < 4.78 is 2.02. The molecule has 2 aromatic carbocycles. The second-order valence-corrected chi connectivity index (χ2v) is 6.28. The van der Waals surface area contributed by atoms with E-state index >= 15 is 0 Å². The second kappa shape index (κ2) is 6.87. The van der Waals surface area contributed by atoms with Crippen LogP contribution < -0.4 is 5.32 Å². The molecule has 1 heterocycles. The van der Waals surface area contributed by atoms with Crippen molar-refractivity contribution >= 4 is 22.6 Å². The average molecular weight is 321 g/mol. The Labute approximate surface area is 142 Å². The molecule has 4 heteroatoms. The van der Waals surface area contributed by atoms with E-state index in [1.165, 1.54) is 0 Å². The van der Waals surface area contributed by atoms with Gasteiger partial charge in [0, 0.05) is 12.1 Å². The summed E-state index contributed by atoms with van der Waals surface area (Å²) in [6.07, 6.45) is 1.87. The SMILES string of the molecule is CCCc1nc2ccccc2n1CC(=O)Nc1cc(C)cc(C)c1. The van der Waals surface area contributed by atoms with Crippen LogP contribution in [0.5, 0.6) is 0 Å². The van der Waals surface area contributed by atoms with Gasteiger partial charge in [-0.25, -0.2) is 4.98 Å². The van der Waals surface area contributed by atoms with E-state index < -0.39 is 0 Å². The number of aryl methyl sites for hydroxylation is 3. The second-order valence-electron chi connectivity index (χ2n) is 6.28. The zero-order valence-electron chi connectivity index (χ0n) is 14.5. The van der Waals surface area contributed by atoms with Crippen LogP contribution in [-0.4, -0.2) is 15.5 Å². The molecule has 1 N–H and O–H groups in total. The Hall–Kier alpha value is -2.62. The molecule has 1 aromatic heterocycles. The molecule has 24 heavy (non-hydrogen) atoms. The van der Waals surface area contributed by atoms with E-state index in [1.54, 1.807) is 0 Å². The van der Waals surface area contributed by atoms with E-state index in [9.17, 15) is 4.79 Å². The summed E-state index contributed by atoms with van der Waals surface area (Å²) >= 11 is 0. The third-order valence-electron chi connectivity index (χ3n) is 4.01. The molecule has 0 spiro atoms. The molecule has 0 atom stereocenters. The highest BCUT2D eigenvalue weighted by Gasteiger charge is 2.13. The summed E-state index contributed by atoms with van der Waals surface area (Å²) in [6, 6.07) is 14.0. The molecule has 0 radical (unpaired) electrons. The van der Waals surface area contributed by atoms with Crippen LogP contribution in [0.4, 0.5) is 5.69 Å². The van der Waals surface area contributed by atoms with Crippen LogP contribution in [0, 0.1) is 13.8 Å². The number of hydrogen-bond acceptors (Lipinski definition) is 2. The Morgan fingerprint density at radius 1 is 1.12 bits per heavy atom. The molecule has 3 aromatic rings. The fraction of sp³-hybridized carbons (Fsp3) is 0.300. The fourth-order valence-corrected chi connectivity index (χ4v) is 3.11. The van der Waals surface area contributed by atoms with Gasteiger partial charge in [0.15, 0.2) is 0 Å². The first kappa shape index (κ1) is 16.2. The van der Waals surface area contributed by atoms with Gasteiger partial charge in [0.2, 0.25) is 5.91 Å². The third-order valence-corrected chi connectivity index (χ3v) is 4.01. The zero-order chi connectivity index (χ0) is 17.1. The fourth-order valence-electron chi connectivity index (χ4n) is 3.11. The minimum absolute atomic E-state index is 0.0273. The Morgan fingerprint density at radius 2 is 1.83 bits per heavy atom. The van der Waals surface area contributed by atoms with Crippen LogP contribution >= 0.6 is 0 Å². The van der Waals surface area contributed by atoms with E-state index in [2.05, 4.69) is 23.3 Å². The summed E-state index contributed by atoms with van der Waals surface area (Å²) in [6.45, 7) is 6.47. The Bertz CT molecular complexity index is 859. The number of carbonyl (C=O) groups excluding carboxylic acids is 1. The molecule has 0 aliphatic carbocycles. The average Bonchev–Trinajstić information content (AvgIpc) is 2.84. The topological polar surface area (TPSA) is 46.9 Å². The molecule has 0 saturated heterocycles. The van der Waals surface area contributed by atoms with Crippen molar-refractivity contribution in [2.24, 2.45) is 0 Å². The number of hydrogen-bond donors (Lipinski definition) is 1. The van der Waals surface area contributed by atoms with Gasteiger partial charge in [-0.05, 0) is 55.7 Å². The molecule has 0 unspecified atom stereocenters. The van der Waals surface area contributed by atoms with Gasteiger partial charge in [-0.2, -0.15) is 0 Å². The molecule has 0 bridgehead atoms. The van der Waals surface area contributed by atoms with Crippen LogP contribution in [0.25, 0.3) is 11.0 Å². The van der Waals surface area contributed by atoms with Gasteiger partial charge < -0.3 is 9.88 Å². The normalized spacial score (nSPS) is 11.0. The number of benzene rings is 2. The number of rotatable bonds is 5. The maximum atomic E-state index is 12.5. The van der Waals surface area contributed by atoms with Crippen molar-refractivity contribution in [3.63, 3.8) is 0 Å². The van der Waals surface area contributed by atoms with Gasteiger partial charge in [0.05, 0.1) is 11.0 Å². The number of aromatic nitrogens is 2. The predicted molar refractivity (Wildman–Crippen MR) is 98.3 cm³/mol. The Morgan fingerprint density at radius 3 is 2.54 bits per heavy atom. The largest absolute Gasteiger partial charge is 0.325 e. The minimum atomic E-state index is -0.0273. The molecular formula is C20H23N3O. The first-order valence-electron chi connectivity index (χ1n) is 8.39. The number of anilines is 1. The molecule has 0 fully saturated rings. The Kier molecular flexibility index (Phi) is 4.65. The van der Waals surface area contributed by atoms with Gasteiger partial charge >= 0.3 is 0 Å². The number of fused-ring (bicyclic) bond motifs is 1. The lowest BCUT2D eigenvalue weighted by Gasteiger charge is -2.11. The van der Waals surface area contributed by atoms with E-state index in [-0.39, 0.29) is 12.5 Å². The molecule has 0 saturated carbocycles. The quantitative estimate of drug-likeness (QED) is 0.764. The molecule has 0 aliphatic rings. The van der Waals surface area contributed by atoms with Crippen molar-refractivity contribution in [1.82, 2.24) is 9.55 Å². The Balaban J connectivity index is 1.85. The molecular weight excluding hydrogens is 298 g/mol. The van der Waals surface area contributed by atoms with Crippen molar-refractivity contribution in [3.8, 4) is 0 Å². The van der Waals surface area contributed by atoms with E-state index in [0.29, 0.717) is 0 Å². The van der Waals surface area contributed by atoms with Crippen molar-refractivity contribution in [1.29, 1.82) is 0 Å². The highest BCUT2D eigenvalue weighted by molar-refractivity contribution is 5.92. The number of carbonyl (C=O) groups is 1. The smallest absolute Gasteiger partial charge is 0.244 e. The van der Waals surface area contributed by atoms with Crippen LogP contribution in [0.1, 0.15) is 30.3 Å². The number of imidazole rings is 1. The number of para-hydroxylation sites is 2. The van der Waals surface area contributed by atoms with Gasteiger partial charge in [0.1, 0.15) is 12.4 Å². The molecule has 4 nitrogen and oxygen atoms in total. The maximum Gasteiger partial charge on any atom is 0.244 e. The summed E-state index contributed by atoms with van der Waals surface area (Å²) in [4.78, 5) is 17.2. The first-order chi connectivity index (χ1) is 11.6. The maximum absolute atomic E-state index is 12.5. The molecule has 0 aliphatic heterocycles. The summed E-state index contributed by atoms with van der Waals surface area (Å²) in [5.41, 5.74) is 5.09. The lowest BCUT2D eigenvalue weighted by atomic mass is 10.1. The number of nitrogens with zero attached hydrogens (tertiary/aromatic N) is 2. The lowest BCUT2D eigenvalue weighted by molar-refractivity contribution is -0.116. The molecule has 1 amide bonds. The van der Waals surface area contributed by atoms with Crippen LogP contribution in [0.15, 0.2) is 42.5 Å². The summed E-state index contributed by atoms with van der Waals surface area (Å²) in [5.74, 6) is 0.940. The predicted octanol–water partition coefficient (Wildman–Crippen LogP) is 4.24. The van der Waals surface area contributed by atoms with Crippen molar-refractivity contribution in [3.05, 3.63) is 59.4 Å². The number of amides is 1. The minimum Gasteiger partial charge on any atom is -0.325 e. The molecule has 124 valence electrons. The van der Waals surface area contributed by atoms with Gasteiger partial charge in [0.25, 0.3) is 0 Å². The van der Waals surface area contributed by atoms with E-state index in [0.717, 1.165) is 46.5 Å². The van der Waals surface area contributed by atoms with Gasteiger partial charge in [-0.3, -0.25) is 4.79 Å². The lowest BCUT2D eigenvalue weighted by Crippen LogP contribution is -2.20. The summed E-state index contributed by atoms with van der Waals surface area (Å²) in [5, 5.41) is 3.01. The highest BCUT2D eigenvalue weighted by Crippen LogP contribution is 2.18. The van der Waals surface area contributed by atoms with Gasteiger partial charge in [-0.15, -0.1) is 0 Å². The van der Waals surface area contributed by atoms with Crippen molar-refractivity contribution in [2.45, 2.75) is 40.2 Å². The van der Waals surface area contributed by atoms with Crippen LogP contribution in [0.3, 0.4) is 0 Å². The standard InChI is InChI=1S/C20H23N3O/c1-4-7-19-22-17-8-5-6-9-18(17)23(19)13-20(24)21-16-11-14(2)10-15(3)12-16/h5-6,8-12H,4,7,13H2,1-3H3,(H,21,24). The van der Waals surface area contributed by atoms with Crippen LogP contribution in [-0.2, 0) is 17.8 Å². The van der Waals surface area contributed by atoms with E-state index in [1.807, 2.05) is 54.8 Å². The first-order valence-corrected chi connectivity index (χ1v) is 8.39. The number of nitrogens with one attached hydrogen (secondary N) is 1. The van der Waals surface area contributed by atoms with Crippen LogP contribution in [0.2, 0.25) is 0 Å². The van der Waals surface area contributed by atoms with Gasteiger partial charge in [-0.1, -0.05) is 25.1 Å². The van der Waals surface area contributed by atoms with Crippen molar-refractivity contribution in [2.75, 3.05) is 5.32 Å². The van der Waals surface area contributed by atoms with Crippen molar-refractivity contribution < 1.29 is 4.79 Å². The third kappa shape index (κ3) is 3.48. The molecule has 3 rings (SSSR count).